The Morgan fingerprint density at radius 3 is 2.61 bits per heavy atom. The molecule has 1 N–H and O–H groups in total. The number of ether oxygens (including phenoxy) is 2. The van der Waals surface area contributed by atoms with Gasteiger partial charge in [0.15, 0.2) is 13.2 Å². The Hall–Kier alpha value is -3.42. The maximum absolute atomic E-state index is 12.8. The quantitative estimate of drug-likeness (QED) is 0.739. The fourth-order valence-electron chi connectivity index (χ4n) is 2.73. The third kappa shape index (κ3) is 5.29. The molecule has 0 radical (unpaired) electrons. The molecule has 1 heterocycles. The van der Waals surface area contributed by atoms with Crippen LogP contribution >= 0.6 is 0 Å². The van der Waals surface area contributed by atoms with Crippen molar-refractivity contribution < 1.29 is 28.2 Å². The minimum atomic E-state index is -0.726. The summed E-state index contributed by atoms with van der Waals surface area (Å²) in [6, 6.07) is 12.1. The van der Waals surface area contributed by atoms with E-state index < -0.39 is 30.9 Å². The summed E-state index contributed by atoms with van der Waals surface area (Å²) in [5, 5.41) is 2.62. The van der Waals surface area contributed by atoms with Crippen LogP contribution in [0.4, 0.5) is 15.8 Å². The molecule has 0 atom stereocenters. The van der Waals surface area contributed by atoms with Gasteiger partial charge in [-0.05, 0) is 48.9 Å². The molecule has 3 rings (SSSR count). The maximum Gasteiger partial charge on any atom is 0.344 e. The highest BCUT2D eigenvalue weighted by atomic mass is 19.1. The van der Waals surface area contributed by atoms with Crippen LogP contribution in [0.15, 0.2) is 48.5 Å². The molecule has 1 aliphatic heterocycles. The van der Waals surface area contributed by atoms with E-state index in [0.717, 1.165) is 6.42 Å². The first-order valence-corrected chi connectivity index (χ1v) is 8.75. The van der Waals surface area contributed by atoms with E-state index >= 15 is 0 Å². The Morgan fingerprint density at radius 2 is 1.89 bits per heavy atom. The fourth-order valence-corrected chi connectivity index (χ4v) is 2.73. The monoisotopic (exact) mass is 386 g/mol. The van der Waals surface area contributed by atoms with Crippen molar-refractivity contribution in [2.75, 3.05) is 30.0 Å². The second-order valence-electron chi connectivity index (χ2n) is 6.15. The number of hydrogen-bond donors (Lipinski definition) is 1. The van der Waals surface area contributed by atoms with E-state index in [2.05, 4.69) is 5.32 Å². The van der Waals surface area contributed by atoms with Crippen LogP contribution in [0.3, 0.4) is 0 Å². The highest BCUT2D eigenvalue weighted by Crippen LogP contribution is 2.24. The van der Waals surface area contributed by atoms with Crippen molar-refractivity contribution in [2.45, 2.75) is 12.8 Å². The Balaban J connectivity index is 1.44. The van der Waals surface area contributed by atoms with Gasteiger partial charge in [0, 0.05) is 24.3 Å². The summed E-state index contributed by atoms with van der Waals surface area (Å²) in [5.41, 5.74) is 1.21. The SMILES string of the molecule is O=C(COC(=O)COc1ccc(F)cc1)Nc1cccc(N2CCCC2=O)c1. The molecule has 0 aliphatic carbocycles. The van der Waals surface area contributed by atoms with E-state index in [9.17, 15) is 18.8 Å². The van der Waals surface area contributed by atoms with E-state index in [1.807, 2.05) is 0 Å². The van der Waals surface area contributed by atoms with Crippen molar-refractivity contribution in [3.8, 4) is 5.75 Å². The van der Waals surface area contributed by atoms with Crippen LogP contribution in [0.25, 0.3) is 0 Å². The van der Waals surface area contributed by atoms with Gasteiger partial charge in [-0.1, -0.05) is 6.07 Å². The highest BCUT2D eigenvalue weighted by Gasteiger charge is 2.21. The Labute approximate surface area is 161 Å². The van der Waals surface area contributed by atoms with E-state index in [4.69, 9.17) is 9.47 Å². The number of nitrogens with one attached hydrogen (secondary N) is 1. The van der Waals surface area contributed by atoms with Gasteiger partial charge in [0.05, 0.1) is 0 Å². The lowest BCUT2D eigenvalue weighted by molar-refractivity contribution is -0.149. The van der Waals surface area contributed by atoms with Gasteiger partial charge in [0.1, 0.15) is 11.6 Å². The van der Waals surface area contributed by atoms with Crippen molar-refractivity contribution in [1.29, 1.82) is 0 Å². The highest BCUT2D eigenvalue weighted by molar-refractivity contribution is 5.97. The first kappa shape index (κ1) is 19.3. The predicted octanol–water partition coefficient (Wildman–Crippen LogP) is 2.51. The van der Waals surface area contributed by atoms with Crippen molar-refractivity contribution in [3.63, 3.8) is 0 Å². The summed E-state index contributed by atoms with van der Waals surface area (Å²) in [6.07, 6.45) is 1.33. The minimum absolute atomic E-state index is 0.0542. The van der Waals surface area contributed by atoms with Gasteiger partial charge in [0.2, 0.25) is 5.91 Å². The molecule has 0 spiro atoms. The van der Waals surface area contributed by atoms with Gasteiger partial charge < -0.3 is 19.7 Å². The molecule has 1 aliphatic rings. The van der Waals surface area contributed by atoms with Crippen LogP contribution in [-0.2, 0) is 19.1 Å². The van der Waals surface area contributed by atoms with E-state index in [-0.39, 0.29) is 5.91 Å². The molecular formula is C20H19FN2O5. The third-order valence-corrected chi connectivity index (χ3v) is 4.05. The average Bonchev–Trinajstić information content (AvgIpc) is 3.12. The number of nitrogens with zero attached hydrogens (tertiary/aromatic N) is 1. The van der Waals surface area contributed by atoms with Crippen molar-refractivity contribution >= 4 is 29.2 Å². The lowest BCUT2D eigenvalue weighted by Crippen LogP contribution is -2.25. The number of carbonyl (C=O) groups is 3. The van der Waals surface area contributed by atoms with Crippen LogP contribution in [0, 0.1) is 5.82 Å². The summed E-state index contributed by atoms with van der Waals surface area (Å²) in [7, 11) is 0. The van der Waals surface area contributed by atoms with Gasteiger partial charge in [-0.25, -0.2) is 9.18 Å². The van der Waals surface area contributed by atoms with Crippen molar-refractivity contribution in [2.24, 2.45) is 0 Å². The van der Waals surface area contributed by atoms with Crippen molar-refractivity contribution in [3.05, 3.63) is 54.3 Å². The van der Waals surface area contributed by atoms with Crippen LogP contribution in [0.2, 0.25) is 0 Å². The molecule has 0 unspecified atom stereocenters. The molecule has 146 valence electrons. The number of esters is 1. The van der Waals surface area contributed by atoms with E-state index in [1.54, 1.807) is 29.2 Å². The first-order chi connectivity index (χ1) is 13.5. The molecule has 2 aromatic rings. The van der Waals surface area contributed by atoms with Crippen LogP contribution in [0.1, 0.15) is 12.8 Å². The Kier molecular flexibility index (Phi) is 6.21. The van der Waals surface area contributed by atoms with Crippen LogP contribution in [0.5, 0.6) is 5.75 Å². The number of carbonyl (C=O) groups excluding carboxylic acids is 3. The molecule has 28 heavy (non-hydrogen) atoms. The van der Waals surface area contributed by atoms with Gasteiger partial charge in [-0.15, -0.1) is 0 Å². The molecule has 2 amide bonds. The van der Waals surface area contributed by atoms with Crippen LogP contribution in [-0.4, -0.2) is 37.5 Å². The van der Waals surface area contributed by atoms with Crippen molar-refractivity contribution in [1.82, 2.24) is 0 Å². The molecule has 7 nitrogen and oxygen atoms in total. The van der Waals surface area contributed by atoms with Gasteiger partial charge >= 0.3 is 5.97 Å². The first-order valence-electron chi connectivity index (χ1n) is 8.75. The molecule has 1 saturated heterocycles. The zero-order valence-corrected chi connectivity index (χ0v) is 15.0. The zero-order valence-electron chi connectivity index (χ0n) is 15.0. The number of anilines is 2. The smallest absolute Gasteiger partial charge is 0.344 e. The molecule has 0 saturated carbocycles. The summed E-state index contributed by atoms with van der Waals surface area (Å²) >= 11 is 0. The number of halogens is 1. The number of benzene rings is 2. The average molecular weight is 386 g/mol. The largest absolute Gasteiger partial charge is 0.482 e. The maximum atomic E-state index is 12.8. The Morgan fingerprint density at radius 1 is 1.11 bits per heavy atom. The van der Waals surface area contributed by atoms with Gasteiger partial charge in [-0.2, -0.15) is 0 Å². The van der Waals surface area contributed by atoms with E-state index in [0.29, 0.717) is 30.1 Å². The lowest BCUT2D eigenvalue weighted by atomic mass is 10.2. The van der Waals surface area contributed by atoms with Crippen LogP contribution < -0.4 is 15.0 Å². The summed E-state index contributed by atoms with van der Waals surface area (Å²) < 4.78 is 22.8. The number of rotatable bonds is 7. The summed E-state index contributed by atoms with van der Waals surface area (Å²) in [5.74, 6) is -1.28. The number of hydrogen-bond acceptors (Lipinski definition) is 5. The predicted molar refractivity (Wildman–Crippen MR) is 99.5 cm³/mol. The zero-order chi connectivity index (χ0) is 19.9. The second-order valence-corrected chi connectivity index (χ2v) is 6.15. The molecular weight excluding hydrogens is 367 g/mol. The van der Waals surface area contributed by atoms with Gasteiger partial charge in [-0.3, -0.25) is 9.59 Å². The number of amides is 2. The standard InChI is InChI=1S/C20H19FN2O5/c21-14-6-8-17(9-7-14)27-13-20(26)28-12-18(24)22-15-3-1-4-16(11-15)23-10-2-5-19(23)25/h1,3-4,6-9,11H,2,5,10,12-13H2,(H,22,24). The topological polar surface area (TPSA) is 84.9 Å². The van der Waals surface area contributed by atoms with E-state index in [1.165, 1.54) is 24.3 Å². The third-order valence-electron chi connectivity index (χ3n) is 4.05. The fraction of sp³-hybridized carbons (Fsp3) is 0.250. The van der Waals surface area contributed by atoms with Gasteiger partial charge in [0.25, 0.3) is 5.91 Å². The lowest BCUT2D eigenvalue weighted by Gasteiger charge is -2.16. The normalized spacial score (nSPS) is 13.3. The molecule has 1 fully saturated rings. The summed E-state index contributed by atoms with van der Waals surface area (Å²) in [4.78, 5) is 37.1. The Bertz CT molecular complexity index is 869. The minimum Gasteiger partial charge on any atom is -0.482 e. The molecule has 2 aromatic carbocycles. The molecule has 0 bridgehead atoms. The summed E-state index contributed by atoms with van der Waals surface area (Å²) in [6.45, 7) is -0.216. The molecule has 8 heteroatoms. The molecule has 0 aromatic heterocycles. The second kappa shape index (κ2) is 8.98.